The van der Waals surface area contributed by atoms with Crippen LogP contribution in [0.2, 0.25) is 0 Å². The van der Waals surface area contributed by atoms with Crippen molar-refractivity contribution >= 4 is 0 Å². The Morgan fingerprint density at radius 3 is 2.30 bits per heavy atom. The second kappa shape index (κ2) is 7.78. The van der Waals surface area contributed by atoms with E-state index < -0.39 is 0 Å². The summed E-state index contributed by atoms with van der Waals surface area (Å²) in [5, 5.41) is 9.39. The lowest BCUT2D eigenvalue weighted by molar-refractivity contribution is 0.0630. The monoisotopic (exact) mass is 274 g/mol. The smallest absolute Gasteiger partial charge is 0.123 e. The van der Waals surface area contributed by atoms with E-state index in [1.807, 2.05) is 30.3 Å². The highest BCUT2D eigenvalue weighted by atomic mass is 19.1. The summed E-state index contributed by atoms with van der Waals surface area (Å²) in [4.78, 5) is 0. The quantitative estimate of drug-likeness (QED) is 0.840. The zero-order valence-corrected chi connectivity index (χ0v) is 11.3. The Morgan fingerprint density at radius 1 is 0.950 bits per heavy atom. The SMILES string of the molecule is OCC(COCc1ccccc1)Cc1ccc(F)cc1. The van der Waals surface area contributed by atoms with Crippen LogP contribution in [0.25, 0.3) is 0 Å². The predicted octanol–water partition coefficient (Wildman–Crippen LogP) is 3.19. The van der Waals surface area contributed by atoms with E-state index in [-0.39, 0.29) is 18.3 Å². The molecule has 0 bridgehead atoms. The maximum Gasteiger partial charge on any atom is 0.123 e. The number of aliphatic hydroxyl groups excluding tert-OH is 1. The van der Waals surface area contributed by atoms with E-state index in [0.29, 0.717) is 19.6 Å². The Kier molecular flexibility index (Phi) is 5.71. The molecule has 0 amide bonds. The molecule has 0 saturated heterocycles. The van der Waals surface area contributed by atoms with Gasteiger partial charge in [-0.3, -0.25) is 0 Å². The second-order valence-corrected chi connectivity index (χ2v) is 4.88. The van der Waals surface area contributed by atoms with Gasteiger partial charge in [-0.1, -0.05) is 42.5 Å². The van der Waals surface area contributed by atoms with Gasteiger partial charge in [0, 0.05) is 12.5 Å². The standard InChI is InChI=1S/C17H19FO2/c18-17-8-6-14(7-9-17)10-16(11-19)13-20-12-15-4-2-1-3-5-15/h1-9,16,19H,10-13H2. The molecule has 1 atom stereocenters. The highest BCUT2D eigenvalue weighted by Gasteiger charge is 2.09. The Morgan fingerprint density at radius 2 is 1.65 bits per heavy atom. The fourth-order valence-electron chi connectivity index (χ4n) is 2.05. The minimum atomic E-state index is -0.241. The summed E-state index contributed by atoms with van der Waals surface area (Å²) in [6.45, 7) is 1.09. The zero-order chi connectivity index (χ0) is 14.2. The third kappa shape index (κ3) is 4.76. The van der Waals surface area contributed by atoms with Crippen molar-refractivity contribution in [3.8, 4) is 0 Å². The van der Waals surface area contributed by atoms with Gasteiger partial charge in [-0.05, 0) is 29.7 Å². The van der Waals surface area contributed by atoms with Crippen molar-refractivity contribution in [2.24, 2.45) is 5.92 Å². The van der Waals surface area contributed by atoms with Gasteiger partial charge in [-0.15, -0.1) is 0 Å². The summed E-state index contributed by atoms with van der Waals surface area (Å²) in [6.07, 6.45) is 0.686. The van der Waals surface area contributed by atoms with Gasteiger partial charge in [0.1, 0.15) is 5.82 Å². The number of ether oxygens (including phenoxy) is 1. The molecular weight excluding hydrogens is 255 g/mol. The highest BCUT2D eigenvalue weighted by molar-refractivity contribution is 5.16. The van der Waals surface area contributed by atoms with Crippen LogP contribution in [0.5, 0.6) is 0 Å². The molecule has 1 N–H and O–H groups in total. The molecule has 0 aliphatic rings. The van der Waals surface area contributed by atoms with Crippen molar-refractivity contribution in [2.45, 2.75) is 13.0 Å². The van der Waals surface area contributed by atoms with Gasteiger partial charge in [0.25, 0.3) is 0 Å². The first kappa shape index (κ1) is 14.7. The molecule has 0 spiro atoms. The maximum absolute atomic E-state index is 12.8. The molecule has 0 radical (unpaired) electrons. The van der Waals surface area contributed by atoms with Crippen LogP contribution >= 0.6 is 0 Å². The molecule has 2 rings (SSSR count). The van der Waals surface area contributed by atoms with Crippen molar-refractivity contribution in [3.63, 3.8) is 0 Å². The first-order chi connectivity index (χ1) is 9.78. The lowest BCUT2D eigenvalue weighted by Crippen LogP contribution is -2.16. The van der Waals surface area contributed by atoms with Crippen molar-refractivity contribution in [3.05, 3.63) is 71.5 Å². The molecule has 2 aromatic rings. The van der Waals surface area contributed by atoms with E-state index in [4.69, 9.17) is 4.74 Å². The van der Waals surface area contributed by atoms with Gasteiger partial charge in [0.05, 0.1) is 13.2 Å². The molecule has 0 aliphatic heterocycles. The number of hydrogen-bond acceptors (Lipinski definition) is 2. The van der Waals surface area contributed by atoms with Crippen molar-refractivity contribution in [2.75, 3.05) is 13.2 Å². The molecule has 0 aromatic heterocycles. The van der Waals surface area contributed by atoms with Crippen LogP contribution < -0.4 is 0 Å². The molecule has 3 heteroatoms. The van der Waals surface area contributed by atoms with Gasteiger partial charge < -0.3 is 9.84 Å². The van der Waals surface area contributed by atoms with E-state index >= 15 is 0 Å². The summed E-state index contributed by atoms with van der Waals surface area (Å²) in [6, 6.07) is 16.3. The first-order valence-electron chi connectivity index (χ1n) is 6.75. The number of rotatable bonds is 7. The highest BCUT2D eigenvalue weighted by Crippen LogP contribution is 2.11. The summed E-state index contributed by atoms with van der Waals surface area (Å²) in [5.74, 6) is -0.209. The average molecular weight is 274 g/mol. The Balaban J connectivity index is 1.79. The molecular formula is C17H19FO2. The fraction of sp³-hybridized carbons (Fsp3) is 0.294. The number of benzene rings is 2. The van der Waals surface area contributed by atoms with Gasteiger partial charge in [-0.2, -0.15) is 0 Å². The van der Waals surface area contributed by atoms with E-state index in [0.717, 1.165) is 11.1 Å². The Bertz CT molecular complexity index is 496. The van der Waals surface area contributed by atoms with E-state index in [1.165, 1.54) is 12.1 Å². The lowest BCUT2D eigenvalue weighted by atomic mass is 10.0. The van der Waals surface area contributed by atoms with Crippen molar-refractivity contribution < 1.29 is 14.2 Å². The molecule has 0 saturated carbocycles. The Labute approximate surface area is 118 Å². The van der Waals surface area contributed by atoms with Crippen LogP contribution in [-0.4, -0.2) is 18.3 Å². The first-order valence-corrected chi connectivity index (χ1v) is 6.75. The largest absolute Gasteiger partial charge is 0.396 e. The lowest BCUT2D eigenvalue weighted by Gasteiger charge is -2.14. The second-order valence-electron chi connectivity index (χ2n) is 4.88. The summed E-state index contributed by atoms with van der Waals surface area (Å²) in [7, 11) is 0. The third-order valence-corrected chi connectivity index (χ3v) is 3.16. The van der Waals surface area contributed by atoms with Crippen LogP contribution in [0.3, 0.4) is 0 Å². The topological polar surface area (TPSA) is 29.5 Å². The van der Waals surface area contributed by atoms with Gasteiger partial charge in [-0.25, -0.2) is 4.39 Å². The predicted molar refractivity (Wildman–Crippen MR) is 76.8 cm³/mol. The van der Waals surface area contributed by atoms with E-state index in [2.05, 4.69) is 0 Å². The average Bonchev–Trinajstić information content (AvgIpc) is 2.49. The van der Waals surface area contributed by atoms with Crippen LogP contribution in [-0.2, 0) is 17.8 Å². The molecule has 0 heterocycles. The summed E-state index contributed by atoms with van der Waals surface area (Å²) >= 11 is 0. The zero-order valence-electron chi connectivity index (χ0n) is 11.3. The van der Waals surface area contributed by atoms with Gasteiger partial charge in [0.15, 0.2) is 0 Å². The maximum atomic E-state index is 12.8. The normalized spacial score (nSPS) is 12.3. The Hall–Kier alpha value is -1.71. The minimum Gasteiger partial charge on any atom is -0.396 e. The molecule has 1 unspecified atom stereocenters. The van der Waals surface area contributed by atoms with Crippen LogP contribution in [0, 0.1) is 11.7 Å². The molecule has 0 aliphatic carbocycles. The van der Waals surface area contributed by atoms with E-state index in [9.17, 15) is 9.50 Å². The minimum absolute atomic E-state index is 0.0316. The number of aliphatic hydroxyl groups is 1. The third-order valence-electron chi connectivity index (χ3n) is 3.16. The number of halogens is 1. The van der Waals surface area contributed by atoms with E-state index in [1.54, 1.807) is 12.1 Å². The van der Waals surface area contributed by atoms with Crippen LogP contribution in [0.1, 0.15) is 11.1 Å². The molecule has 2 nitrogen and oxygen atoms in total. The van der Waals surface area contributed by atoms with Gasteiger partial charge in [0.2, 0.25) is 0 Å². The van der Waals surface area contributed by atoms with Crippen LogP contribution in [0.4, 0.5) is 4.39 Å². The molecule has 0 fully saturated rings. The van der Waals surface area contributed by atoms with Crippen LogP contribution in [0.15, 0.2) is 54.6 Å². The fourth-order valence-corrected chi connectivity index (χ4v) is 2.05. The molecule has 2 aromatic carbocycles. The number of hydrogen-bond donors (Lipinski definition) is 1. The van der Waals surface area contributed by atoms with Gasteiger partial charge >= 0.3 is 0 Å². The molecule has 20 heavy (non-hydrogen) atoms. The van der Waals surface area contributed by atoms with Crippen molar-refractivity contribution in [1.29, 1.82) is 0 Å². The van der Waals surface area contributed by atoms with Crippen molar-refractivity contribution in [1.82, 2.24) is 0 Å². The molecule has 106 valence electrons. The summed E-state index contributed by atoms with van der Waals surface area (Å²) in [5.41, 5.74) is 2.12. The summed E-state index contributed by atoms with van der Waals surface area (Å²) < 4.78 is 18.5.